The number of carbonyl (C=O) groups is 1. The van der Waals surface area contributed by atoms with E-state index in [9.17, 15) is 13.9 Å². The van der Waals surface area contributed by atoms with Gasteiger partial charge >= 0.3 is 6.09 Å². The number of nitrogens with zero attached hydrogens (tertiary/aromatic N) is 2. The fraction of sp³-hybridized carbons (Fsp3) is 0.923. The van der Waals surface area contributed by atoms with Gasteiger partial charge in [-0.2, -0.15) is 10.6 Å². The minimum Gasteiger partial charge on any atom is -0.444 e. The molecule has 0 bridgehead atoms. The van der Waals surface area contributed by atoms with E-state index in [-0.39, 0.29) is 12.1 Å². The lowest BCUT2D eigenvalue weighted by Gasteiger charge is -2.38. The van der Waals surface area contributed by atoms with Crippen molar-refractivity contribution in [3.63, 3.8) is 0 Å². The molecule has 0 aromatic carbocycles. The Balaban J connectivity index is 1.80. The molecule has 1 amide bonds. The third-order valence-corrected chi connectivity index (χ3v) is 5.53. The fourth-order valence-corrected chi connectivity index (χ4v) is 4.49. The lowest BCUT2D eigenvalue weighted by Crippen LogP contribution is -2.53. The Morgan fingerprint density at radius 2 is 1.80 bits per heavy atom. The highest BCUT2D eigenvalue weighted by atomic mass is 32.3. The Morgan fingerprint density at radius 1 is 1.20 bits per heavy atom. The molecule has 0 aromatic heterocycles. The lowest BCUT2D eigenvalue weighted by molar-refractivity contribution is 0.0114. The monoisotopic (exact) mass is 306 g/mol. The van der Waals surface area contributed by atoms with E-state index >= 15 is 0 Å². The maximum Gasteiger partial charge on any atom is 0.410 e. The van der Waals surface area contributed by atoms with Crippen molar-refractivity contribution >= 4 is 16.7 Å². The van der Waals surface area contributed by atoms with Crippen molar-refractivity contribution in [2.75, 3.05) is 37.7 Å². The minimum atomic E-state index is -2.35. The second-order valence-corrected chi connectivity index (χ2v) is 8.96. The predicted octanol–water partition coefficient (Wildman–Crippen LogP) is 2.06. The number of carbonyl (C=O) groups excluding carboxylic acids is 1. The van der Waals surface area contributed by atoms with Crippen LogP contribution >= 0.6 is 10.6 Å². The van der Waals surface area contributed by atoms with Crippen molar-refractivity contribution < 1.29 is 18.6 Å². The zero-order valence-electron chi connectivity index (χ0n) is 12.5. The molecule has 2 heterocycles. The number of hydrogen-bond donors (Lipinski definition) is 2. The van der Waals surface area contributed by atoms with Gasteiger partial charge in [0.1, 0.15) is 5.60 Å². The van der Waals surface area contributed by atoms with E-state index in [0.717, 1.165) is 19.5 Å². The molecule has 2 fully saturated rings. The molecule has 118 valence electrons. The van der Waals surface area contributed by atoms with Crippen LogP contribution in [0.4, 0.5) is 4.79 Å². The molecule has 2 aliphatic heterocycles. The molecule has 7 heteroatoms. The van der Waals surface area contributed by atoms with E-state index in [1.54, 1.807) is 4.90 Å². The van der Waals surface area contributed by atoms with Crippen LogP contribution in [0.3, 0.4) is 0 Å². The number of piperazine rings is 1. The summed E-state index contributed by atoms with van der Waals surface area (Å²) in [7, 11) is -2.35. The summed E-state index contributed by atoms with van der Waals surface area (Å²) in [5.41, 5.74) is -0.462. The summed E-state index contributed by atoms with van der Waals surface area (Å²) >= 11 is 0. The molecule has 1 unspecified atom stereocenters. The van der Waals surface area contributed by atoms with E-state index in [0.29, 0.717) is 24.6 Å². The highest BCUT2D eigenvalue weighted by Crippen LogP contribution is 2.47. The molecule has 0 spiro atoms. The quantitative estimate of drug-likeness (QED) is 0.776. The van der Waals surface area contributed by atoms with Gasteiger partial charge in [-0.05, 0) is 27.2 Å². The molecule has 20 heavy (non-hydrogen) atoms. The van der Waals surface area contributed by atoms with E-state index < -0.39 is 16.2 Å². The normalized spacial score (nSPS) is 29.2. The number of hydrogen-bond acceptors (Lipinski definition) is 5. The number of rotatable bonds is 1. The van der Waals surface area contributed by atoms with Crippen LogP contribution in [0.25, 0.3) is 0 Å². The summed E-state index contributed by atoms with van der Waals surface area (Å²) in [6, 6.07) is 0.251. The van der Waals surface area contributed by atoms with Crippen molar-refractivity contribution in [3.8, 4) is 0 Å². The third-order valence-electron chi connectivity index (χ3n) is 3.72. The Morgan fingerprint density at radius 3 is 2.25 bits per heavy atom. The van der Waals surface area contributed by atoms with Gasteiger partial charge in [-0.1, -0.05) is 0 Å². The van der Waals surface area contributed by atoms with Crippen molar-refractivity contribution in [2.45, 2.75) is 38.8 Å². The van der Waals surface area contributed by atoms with Gasteiger partial charge in [0, 0.05) is 38.0 Å². The molecule has 0 aliphatic carbocycles. The zero-order valence-corrected chi connectivity index (χ0v) is 13.4. The molecular formula is C13H26N2O4S. The molecule has 6 nitrogen and oxygen atoms in total. The van der Waals surface area contributed by atoms with Crippen LogP contribution in [0.15, 0.2) is 0 Å². The lowest BCUT2D eigenvalue weighted by atomic mass is 10.2. The Hall–Kier alpha value is -0.500. The van der Waals surface area contributed by atoms with Crippen molar-refractivity contribution in [3.05, 3.63) is 0 Å². The van der Waals surface area contributed by atoms with E-state index in [4.69, 9.17) is 4.74 Å². The molecule has 2 rings (SSSR count). The van der Waals surface area contributed by atoms with Crippen LogP contribution in [-0.4, -0.2) is 74.3 Å². The summed E-state index contributed by atoms with van der Waals surface area (Å²) in [4.78, 5) is 16.0. The van der Waals surface area contributed by atoms with Crippen molar-refractivity contribution in [1.29, 1.82) is 0 Å². The first-order valence-electron chi connectivity index (χ1n) is 7.12. The summed E-state index contributed by atoms with van der Waals surface area (Å²) in [6.45, 7) is 8.44. The fourth-order valence-electron chi connectivity index (χ4n) is 2.68. The highest BCUT2D eigenvalue weighted by molar-refractivity contribution is 8.24. The molecule has 0 aromatic rings. The van der Waals surface area contributed by atoms with Gasteiger partial charge < -0.3 is 9.64 Å². The van der Waals surface area contributed by atoms with E-state index in [1.165, 1.54) is 0 Å². The smallest absolute Gasteiger partial charge is 0.410 e. The molecule has 2 saturated heterocycles. The van der Waals surface area contributed by atoms with Crippen molar-refractivity contribution in [2.24, 2.45) is 0 Å². The maximum absolute atomic E-state index is 12.0. The van der Waals surface area contributed by atoms with Gasteiger partial charge in [0.15, 0.2) is 0 Å². The van der Waals surface area contributed by atoms with Crippen LogP contribution < -0.4 is 0 Å². The molecule has 0 saturated carbocycles. The highest BCUT2D eigenvalue weighted by Gasteiger charge is 2.35. The van der Waals surface area contributed by atoms with Gasteiger partial charge in [0.2, 0.25) is 0 Å². The average Bonchev–Trinajstić information content (AvgIpc) is 2.68. The molecule has 2 N–H and O–H groups in total. The van der Waals surface area contributed by atoms with Gasteiger partial charge in [-0.3, -0.25) is 14.0 Å². The van der Waals surface area contributed by atoms with Gasteiger partial charge in [-0.25, -0.2) is 4.79 Å². The topological polar surface area (TPSA) is 73.2 Å². The summed E-state index contributed by atoms with van der Waals surface area (Å²) < 4.78 is 24.7. The number of amides is 1. The summed E-state index contributed by atoms with van der Waals surface area (Å²) in [5.74, 6) is 1.00. The molecular weight excluding hydrogens is 280 g/mol. The SMILES string of the molecule is CC(C)(C)OC(=O)N1CCN(C2CCS(O)(O)C2)CC1. The average molecular weight is 306 g/mol. The number of ether oxygens (including phenoxy) is 1. The van der Waals surface area contributed by atoms with E-state index in [1.807, 2.05) is 20.8 Å². The van der Waals surface area contributed by atoms with Gasteiger partial charge in [0.25, 0.3) is 0 Å². The maximum atomic E-state index is 12.0. The standard InChI is InChI=1S/C13H26N2O4S/c1-13(2,3)19-12(16)15-7-5-14(6-8-15)11-4-9-20(17,18)10-11/h11,17-18H,4-10H2,1-3H3. The Labute approximate surface area is 122 Å². The third kappa shape index (κ3) is 4.25. The Kier molecular flexibility index (Phi) is 4.53. The van der Waals surface area contributed by atoms with Gasteiger partial charge in [-0.15, -0.1) is 0 Å². The van der Waals surface area contributed by atoms with Crippen LogP contribution in [0.2, 0.25) is 0 Å². The molecule has 2 aliphatic rings. The molecule has 0 radical (unpaired) electrons. The van der Waals surface area contributed by atoms with Crippen LogP contribution in [0, 0.1) is 0 Å². The van der Waals surface area contributed by atoms with Crippen LogP contribution in [0.5, 0.6) is 0 Å². The first-order chi connectivity index (χ1) is 9.16. The summed E-state index contributed by atoms with van der Waals surface area (Å²) in [5, 5.41) is 0. The first kappa shape index (κ1) is 15.9. The largest absolute Gasteiger partial charge is 0.444 e. The van der Waals surface area contributed by atoms with Crippen molar-refractivity contribution in [1.82, 2.24) is 9.80 Å². The minimum absolute atomic E-state index is 0.251. The van der Waals surface area contributed by atoms with Crippen LogP contribution in [-0.2, 0) is 4.74 Å². The second-order valence-electron chi connectivity index (χ2n) is 6.62. The first-order valence-corrected chi connectivity index (χ1v) is 9.00. The second kappa shape index (κ2) is 5.71. The summed E-state index contributed by atoms with van der Waals surface area (Å²) in [6.07, 6.45) is 0.585. The van der Waals surface area contributed by atoms with Gasteiger partial charge in [0.05, 0.1) is 5.75 Å². The van der Waals surface area contributed by atoms with Crippen LogP contribution in [0.1, 0.15) is 27.2 Å². The Bertz CT molecular complexity index is 362. The predicted molar refractivity (Wildman–Crippen MR) is 80.4 cm³/mol. The zero-order chi connectivity index (χ0) is 15.0. The van der Waals surface area contributed by atoms with E-state index in [2.05, 4.69) is 4.90 Å². The molecule has 1 atom stereocenters.